The topological polar surface area (TPSA) is 29.1 Å². The third-order valence-electron chi connectivity index (χ3n) is 2.46. The molecule has 2 aromatic carbocycles. The van der Waals surface area contributed by atoms with Crippen LogP contribution < -0.4 is 5.32 Å². The zero-order chi connectivity index (χ0) is 13.8. The number of carbonyl (C=O) groups is 1. The van der Waals surface area contributed by atoms with Crippen molar-refractivity contribution in [1.82, 2.24) is 0 Å². The van der Waals surface area contributed by atoms with E-state index in [1.807, 2.05) is 0 Å². The number of anilines is 1. The van der Waals surface area contributed by atoms with E-state index in [4.69, 9.17) is 29.6 Å². The summed E-state index contributed by atoms with van der Waals surface area (Å²) in [6.45, 7) is 0. The maximum atomic E-state index is 12.1. The van der Waals surface area contributed by atoms with Crippen LogP contribution in [0, 0.1) is 12.3 Å². The Kier molecular flexibility index (Phi) is 4.11. The van der Waals surface area contributed by atoms with Crippen LogP contribution in [0.1, 0.15) is 15.9 Å². The predicted molar refractivity (Wildman–Crippen MR) is 78.8 cm³/mol. The van der Waals surface area contributed by atoms with Crippen molar-refractivity contribution in [3.8, 4) is 12.3 Å². The monoisotopic (exact) mass is 289 g/mol. The minimum Gasteiger partial charge on any atom is -0.322 e. The van der Waals surface area contributed by atoms with Crippen LogP contribution in [0.2, 0.25) is 10.0 Å². The minimum absolute atomic E-state index is 0.320. The highest BCUT2D eigenvalue weighted by Crippen LogP contribution is 2.22. The molecule has 2 nitrogen and oxygen atoms in total. The van der Waals surface area contributed by atoms with Crippen molar-refractivity contribution in [2.75, 3.05) is 5.32 Å². The number of amides is 1. The summed E-state index contributed by atoms with van der Waals surface area (Å²) in [7, 11) is 0. The zero-order valence-corrected chi connectivity index (χ0v) is 11.3. The lowest BCUT2D eigenvalue weighted by Crippen LogP contribution is -2.12. The Morgan fingerprint density at radius 2 is 1.95 bits per heavy atom. The van der Waals surface area contributed by atoms with Crippen LogP contribution in [0.25, 0.3) is 0 Å². The van der Waals surface area contributed by atoms with Gasteiger partial charge in [0.1, 0.15) is 0 Å². The molecular weight excluding hydrogens is 281 g/mol. The Morgan fingerprint density at radius 3 is 2.68 bits per heavy atom. The van der Waals surface area contributed by atoms with Crippen LogP contribution in [-0.2, 0) is 0 Å². The van der Waals surface area contributed by atoms with Gasteiger partial charge < -0.3 is 5.32 Å². The molecule has 0 spiro atoms. The molecule has 19 heavy (non-hydrogen) atoms. The lowest BCUT2D eigenvalue weighted by atomic mass is 10.2. The number of halogens is 2. The smallest absolute Gasteiger partial charge is 0.257 e. The first-order chi connectivity index (χ1) is 9.10. The average molecular weight is 290 g/mol. The van der Waals surface area contributed by atoms with Gasteiger partial charge in [-0.3, -0.25) is 4.79 Å². The van der Waals surface area contributed by atoms with Crippen molar-refractivity contribution in [1.29, 1.82) is 0 Å². The Labute approximate surface area is 121 Å². The molecule has 1 amide bonds. The molecule has 0 aliphatic rings. The maximum absolute atomic E-state index is 12.1. The Bertz CT molecular complexity index is 674. The summed E-state index contributed by atoms with van der Waals surface area (Å²) in [5, 5.41) is 3.52. The molecule has 0 bridgehead atoms. The summed E-state index contributed by atoms with van der Waals surface area (Å²) in [4.78, 5) is 12.1. The average Bonchev–Trinajstić information content (AvgIpc) is 2.41. The molecule has 0 atom stereocenters. The van der Waals surface area contributed by atoms with Crippen molar-refractivity contribution in [3.05, 3.63) is 63.6 Å². The summed E-state index contributed by atoms with van der Waals surface area (Å²) in [5.74, 6) is 2.17. The third kappa shape index (κ3) is 3.29. The summed E-state index contributed by atoms with van der Waals surface area (Å²) < 4.78 is 0. The highest BCUT2D eigenvalue weighted by Gasteiger charge is 2.11. The molecule has 0 aliphatic heterocycles. The molecule has 1 N–H and O–H groups in total. The molecule has 0 fully saturated rings. The summed E-state index contributed by atoms with van der Waals surface area (Å²) in [6, 6.07) is 11.7. The van der Waals surface area contributed by atoms with Crippen molar-refractivity contribution in [3.63, 3.8) is 0 Å². The number of hydrogen-bond acceptors (Lipinski definition) is 1. The van der Waals surface area contributed by atoms with Gasteiger partial charge in [-0.15, -0.1) is 6.42 Å². The van der Waals surface area contributed by atoms with Crippen molar-refractivity contribution >= 4 is 34.8 Å². The first-order valence-electron chi connectivity index (χ1n) is 5.43. The van der Waals surface area contributed by atoms with Gasteiger partial charge in [0, 0.05) is 16.3 Å². The van der Waals surface area contributed by atoms with Gasteiger partial charge in [0.2, 0.25) is 0 Å². The third-order valence-corrected chi connectivity index (χ3v) is 3.02. The molecule has 0 saturated carbocycles. The molecule has 0 saturated heterocycles. The normalized spacial score (nSPS) is 9.74. The van der Waals surface area contributed by atoms with E-state index in [9.17, 15) is 4.79 Å². The lowest BCUT2D eigenvalue weighted by molar-refractivity contribution is 0.102. The maximum Gasteiger partial charge on any atom is 0.257 e. The fourth-order valence-electron chi connectivity index (χ4n) is 1.56. The number of nitrogens with one attached hydrogen (secondary N) is 1. The molecule has 4 heteroatoms. The first-order valence-corrected chi connectivity index (χ1v) is 6.19. The van der Waals surface area contributed by atoms with E-state index >= 15 is 0 Å². The van der Waals surface area contributed by atoms with Gasteiger partial charge in [-0.2, -0.15) is 0 Å². The molecule has 0 aromatic heterocycles. The zero-order valence-electron chi connectivity index (χ0n) is 9.78. The van der Waals surface area contributed by atoms with Gasteiger partial charge >= 0.3 is 0 Å². The second kappa shape index (κ2) is 5.79. The predicted octanol–water partition coefficient (Wildman–Crippen LogP) is 4.23. The lowest BCUT2D eigenvalue weighted by Gasteiger charge is -2.07. The van der Waals surface area contributed by atoms with E-state index in [0.29, 0.717) is 26.9 Å². The van der Waals surface area contributed by atoms with Crippen LogP contribution in [0.5, 0.6) is 0 Å². The summed E-state index contributed by atoms with van der Waals surface area (Å²) in [6.07, 6.45) is 5.30. The Hall–Kier alpha value is -1.95. The number of benzene rings is 2. The number of terminal acetylenes is 1. The van der Waals surface area contributed by atoms with Gasteiger partial charge in [0.15, 0.2) is 0 Å². The van der Waals surface area contributed by atoms with E-state index in [1.165, 1.54) is 6.07 Å². The van der Waals surface area contributed by atoms with E-state index in [2.05, 4.69) is 11.2 Å². The molecule has 2 rings (SSSR count). The van der Waals surface area contributed by atoms with E-state index in [-0.39, 0.29) is 5.91 Å². The van der Waals surface area contributed by atoms with Crippen molar-refractivity contribution in [2.45, 2.75) is 0 Å². The number of hydrogen-bond donors (Lipinski definition) is 1. The summed E-state index contributed by atoms with van der Waals surface area (Å²) >= 11 is 11.8. The number of rotatable bonds is 2. The molecule has 0 heterocycles. The van der Waals surface area contributed by atoms with Gasteiger partial charge in [0.05, 0.1) is 10.6 Å². The van der Waals surface area contributed by atoms with Gasteiger partial charge in [0.25, 0.3) is 5.91 Å². The number of carbonyl (C=O) groups excluding carboxylic acids is 1. The summed E-state index contributed by atoms with van der Waals surface area (Å²) in [5.41, 5.74) is 1.62. The first kappa shape index (κ1) is 13.5. The van der Waals surface area contributed by atoms with Crippen molar-refractivity contribution < 1.29 is 4.79 Å². The standard InChI is InChI=1S/C15H9Cl2NO/c1-2-10-4-3-5-12(8-10)18-15(19)13-9-11(16)6-7-14(13)17/h1,3-9H,(H,18,19). The minimum atomic E-state index is -0.332. The molecule has 94 valence electrons. The highest BCUT2D eigenvalue weighted by molar-refractivity contribution is 6.36. The molecule has 0 radical (unpaired) electrons. The SMILES string of the molecule is C#Cc1cccc(NC(=O)c2cc(Cl)ccc2Cl)c1. The van der Waals surface area contributed by atoms with Gasteiger partial charge in [-0.1, -0.05) is 35.2 Å². The largest absolute Gasteiger partial charge is 0.322 e. The van der Waals surface area contributed by atoms with Gasteiger partial charge in [-0.05, 0) is 36.4 Å². The molecule has 0 aliphatic carbocycles. The van der Waals surface area contributed by atoms with Crippen molar-refractivity contribution in [2.24, 2.45) is 0 Å². The quantitative estimate of drug-likeness (QED) is 0.824. The van der Waals surface area contributed by atoms with Crippen LogP contribution in [-0.4, -0.2) is 5.91 Å². The molecule has 0 unspecified atom stereocenters. The van der Waals surface area contributed by atoms with Crippen LogP contribution in [0.15, 0.2) is 42.5 Å². The molecule has 2 aromatic rings. The van der Waals surface area contributed by atoms with Crippen LogP contribution in [0.4, 0.5) is 5.69 Å². The van der Waals surface area contributed by atoms with E-state index in [0.717, 1.165) is 0 Å². The second-order valence-electron chi connectivity index (χ2n) is 3.80. The van der Waals surface area contributed by atoms with Crippen LogP contribution >= 0.6 is 23.2 Å². The molecular formula is C15H9Cl2NO. The highest BCUT2D eigenvalue weighted by atomic mass is 35.5. The Morgan fingerprint density at radius 1 is 1.16 bits per heavy atom. The van der Waals surface area contributed by atoms with Crippen LogP contribution in [0.3, 0.4) is 0 Å². The fraction of sp³-hybridized carbons (Fsp3) is 0. The Balaban J connectivity index is 2.26. The fourth-order valence-corrected chi connectivity index (χ4v) is 1.93. The second-order valence-corrected chi connectivity index (χ2v) is 4.65. The van der Waals surface area contributed by atoms with E-state index in [1.54, 1.807) is 36.4 Å². The van der Waals surface area contributed by atoms with E-state index < -0.39 is 0 Å². The van der Waals surface area contributed by atoms with Gasteiger partial charge in [-0.25, -0.2) is 0 Å².